The van der Waals surface area contributed by atoms with Gasteiger partial charge in [-0.2, -0.15) is 4.99 Å². The van der Waals surface area contributed by atoms with E-state index < -0.39 is 16.8 Å². The SMILES string of the molecule is NC(N)=NC(=O)Cc1c(Cl)cccc1[N+](=O)[O-]. The summed E-state index contributed by atoms with van der Waals surface area (Å²) in [6, 6.07) is 4.13. The number of nitrogens with two attached hydrogens (primary N) is 2. The van der Waals surface area contributed by atoms with Gasteiger partial charge in [-0.3, -0.25) is 14.9 Å². The summed E-state index contributed by atoms with van der Waals surface area (Å²) in [5.41, 5.74) is 9.90. The topological polar surface area (TPSA) is 125 Å². The van der Waals surface area contributed by atoms with Crippen LogP contribution in [0.15, 0.2) is 23.2 Å². The maximum atomic E-state index is 11.3. The third-order valence-corrected chi connectivity index (χ3v) is 2.23. The Labute approximate surface area is 101 Å². The van der Waals surface area contributed by atoms with E-state index in [9.17, 15) is 14.9 Å². The molecule has 7 nitrogen and oxygen atoms in total. The molecule has 8 heteroatoms. The van der Waals surface area contributed by atoms with E-state index in [0.717, 1.165) is 0 Å². The molecule has 1 aromatic rings. The Morgan fingerprint density at radius 1 is 1.47 bits per heavy atom. The van der Waals surface area contributed by atoms with E-state index in [2.05, 4.69) is 4.99 Å². The van der Waals surface area contributed by atoms with E-state index in [-0.39, 0.29) is 22.7 Å². The molecule has 90 valence electrons. The van der Waals surface area contributed by atoms with Gasteiger partial charge in [-0.25, -0.2) is 0 Å². The fourth-order valence-electron chi connectivity index (χ4n) is 1.23. The molecule has 0 fully saturated rings. The number of carbonyl (C=O) groups excluding carboxylic acids is 1. The van der Waals surface area contributed by atoms with Crippen LogP contribution in [0.5, 0.6) is 0 Å². The molecule has 0 saturated heterocycles. The number of nitro benzene ring substituents is 1. The van der Waals surface area contributed by atoms with Crippen LogP contribution in [0, 0.1) is 10.1 Å². The van der Waals surface area contributed by atoms with Crippen LogP contribution in [-0.2, 0) is 11.2 Å². The summed E-state index contributed by atoms with van der Waals surface area (Å²) in [6.45, 7) is 0. The van der Waals surface area contributed by atoms with Crippen LogP contribution in [0.4, 0.5) is 5.69 Å². The molecule has 17 heavy (non-hydrogen) atoms. The zero-order valence-corrected chi connectivity index (χ0v) is 9.35. The van der Waals surface area contributed by atoms with E-state index in [1.807, 2.05) is 0 Å². The van der Waals surface area contributed by atoms with Gasteiger partial charge in [0.2, 0.25) is 0 Å². The normalized spacial score (nSPS) is 9.71. The van der Waals surface area contributed by atoms with E-state index in [4.69, 9.17) is 23.1 Å². The van der Waals surface area contributed by atoms with Gasteiger partial charge in [-0.05, 0) is 6.07 Å². The van der Waals surface area contributed by atoms with Crippen molar-refractivity contribution in [1.82, 2.24) is 0 Å². The Balaban J connectivity index is 3.09. The highest BCUT2D eigenvalue weighted by Gasteiger charge is 2.19. The molecule has 0 aliphatic rings. The van der Waals surface area contributed by atoms with Gasteiger partial charge < -0.3 is 11.5 Å². The van der Waals surface area contributed by atoms with Crippen molar-refractivity contribution < 1.29 is 9.72 Å². The van der Waals surface area contributed by atoms with Gasteiger partial charge in [-0.1, -0.05) is 17.7 Å². The van der Waals surface area contributed by atoms with Crippen molar-refractivity contribution in [3.63, 3.8) is 0 Å². The number of rotatable bonds is 3. The predicted molar refractivity (Wildman–Crippen MR) is 62.6 cm³/mol. The van der Waals surface area contributed by atoms with E-state index in [1.54, 1.807) is 0 Å². The Morgan fingerprint density at radius 2 is 2.12 bits per heavy atom. The molecule has 0 aliphatic heterocycles. The molecule has 4 N–H and O–H groups in total. The van der Waals surface area contributed by atoms with Crippen LogP contribution in [0.3, 0.4) is 0 Å². The van der Waals surface area contributed by atoms with Gasteiger partial charge in [0.25, 0.3) is 11.6 Å². The zero-order valence-electron chi connectivity index (χ0n) is 8.59. The summed E-state index contributed by atoms with van der Waals surface area (Å²) < 4.78 is 0. The number of carbonyl (C=O) groups is 1. The predicted octanol–water partition coefficient (Wildman–Crippen LogP) is 0.591. The first-order valence-corrected chi connectivity index (χ1v) is 4.84. The number of amides is 1. The lowest BCUT2D eigenvalue weighted by atomic mass is 10.1. The highest BCUT2D eigenvalue weighted by atomic mass is 35.5. The minimum absolute atomic E-state index is 0.0918. The maximum Gasteiger partial charge on any atom is 0.274 e. The highest BCUT2D eigenvalue weighted by molar-refractivity contribution is 6.31. The fourth-order valence-corrected chi connectivity index (χ4v) is 1.46. The standard InChI is InChI=1S/C9H9ClN4O3/c10-6-2-1-3-7(14(16)17)5(6)4-8(15)13-9(11)12/h1-3H,4H2,(H4,11,12,13,15). The van der Waals surface area contributed by atoms with E-state index in [1.165, 1.54) is 18.2 Å². The number of nitrogens with zero attached hydrogens (tertiary/aromatic N) is 2. The number of guanidine groups is 1. The number of benzene rings is 1. The molecule has 0 aromatic heterocycles. The monoisotopic (exact) mass is 256 g/mol. The maximum absolute atomic E-state index is 11.3. The Kier molecular flexibility index (Phi) is 4.00. The molecule has 1 aromatic carbocycles. The largest absolute Gasteiger partial charge is 0.370 e. The smallest absolute Gasteiger partial charge is 0.274 e. The average Bonchev–Trinajstić information content (AvgIpc) is 2.19. The van der Waals surface area contributed by atoms with Crippen molar-refractivity contribution in [2.45, 2.75) is 6.42 Å². The second kappa shape index (κ2) is 5.26. The van der Waals surface area contributed by atoms with Gasteiger partial charge in [0, 0.05) is 6.07 Å². The molecule has 0 aliphatic carbocycles. The van der Waals surface area contributed by atoms with Crippen molar-refractivity contribution in [3.8, 4) is 0 Å². The van der Waals surface area contributed by atoms with E-state index >= 15 is 0 Å². The van der Waals surface area contributed by atoms with Crippen LogP contribution >= 0.6 is 11.6 Å². The minimum Gasteiger partial charge on any atom is -0.370 e. The third kappa shape index (κ3) is 3.42. The Morgan fingerprint density at radius 3 is 2.65 bits per heavy atom. The summed E-state index contributed by atoms with van der Waals surface area (Å²) in [5.74, 6) is -1.09. The van der Waals surface area contributed by atoms with Crippen molar-refractivity contribution in [2.24, 2.45) is 16.5 Å². The van der Waals surface area contributed by atoms with Crippen LogP contribution in [0.2, 0.25) is 5.02 Å². The molecular formula is C9H9ClN4O3. The van der Waals surface area contributed by atoms with Crippen LogP contribution in [0.1, 0.15) is 5.56 Å². The highest BCUT2D eigenvalue weighted by Crippen LogP contribution is 2.26. The lowest BCUT2D eigenvalue weighted by molar-refractivity contribution is -0.385. The first-order chi connectivity index (χ1) is 7.91. The number of aliphatic imine (C=N–C) groups is 1. The summed E-state index contributed by atoms with van der Waals surface area (Å²) in [5, 5.41) is 10.9. The summed E-state index contributed by atoms with van der Waals surface area (Å²) in [4.78, 5) is 24.7. The van der Waals surface area contributed by atoms with Gasteiger partial charge >= 0.3 is 0 Å². The number of halogens is 1. The van der Waals surface area contributed by atoms with Crippen molar-refractivity contribution >= 4 is 29.2 Å². The first kappa shape index (κ1) is 12.9. The third-order valence-electron chi connectivity index (χ3n) is 1.87. The van der Waals surface area contributed by atoms with Crippen LogP contribution < -0.4 is 11.5 Å². The molecule has 1 rings (SSSR count). The minimum atomic E-state index is -0.693. The fraction of sp³-hybridized carbons (Fsp3) is 0.111. The van der Waals surface area contributed by atoms with Crippen LogP contribution in [-0.4, -0.2) is 16.8 Å². The molecule has 1 amide bonds. The van der Waals surface area contributed by atoms with Crippen LogP contribution in [0.25, 0.3) is 0 Å². The quantitative estimate of drug-likeness (QED) is 0.354. The number of hydrogen-bond donors (Lipinski definition) is 2. The van der Waals surface area contributed by atoms with Crippen molar-refractivity contribution in [1.29, 1.82) is 0 Å². The number of nitro groups is 1. The molecule has 0 radical (unpaired) electrons. The summed E-state index contributed by atoms with van der Waals surface area (Å²) in [6.07, 6.45) is -0.326. The molecule has 0 heterocycles. The average molecular weight is 257 g/mol. The molecular weight excluding hydrogens is 248 g/mol. The molecule has 0 spiro atoms. The van der Waals surface area contributed by atoms with Gasteiger partial charge in [0.1, 0.15) is 0 Å². The molecule has 0 bridgehead atoms. The Hall–Kier alpha value is -2.15. The molecule has 0 unspecified atom stereocenters. The Bertz CT molecular complexity index is 497. The molecule has 0 atom stereocenters. The van der Waals surface area contributed by atoms with Gasteiger partial charge in [0.15, 0.2) is 5.96 Å². The van der Waals surface area contributed by atoms with Gasteiger partial charge in [0.05, 0.1) is 21.9 Å². The second-order valence-corrected chi connectivity index (χ2v) is 3.51. The van der Waals surface area contributed by atoms with E-state index in [0.29, 0.717) is 0 Å². The second-order valence-electron chi connectivity index (χ2n) is 3.10. The lowest BCUT2D eigenvalue weighted by Gasteiger charge is -2.02. The van der Waals surface area contributed by atoms with Crippen molar-refractivity contribution in [3.05, 3.63) is 38.9 Å². The van der Waals surface area contributed by atoms with Gasteiger partial charge in [-0.15, -0.1) is 0 Å². The zero-order chi connectivity index (χ0) is 13.0. The molecule has 0 saturated carbocycles. The number of hydrogen-bond acceptors (Lipinski definition) is 3. The first-order valence-electron chi connectivity index (χ1n) is 4.46. The lowest BCUT2D eigenvalue weighted by Crippen LogP contribution is -2.24. The van der Waals surface area contributed by atoms with Crippen molar-refractivity contribution in [2.75, 3.05) is 0 Å². The summed E-state index contributed by atoms with van der Waals surface area (Å²) >= 11 is 5.79. The summed E-state index contributed by atoms with van der Waals surface area (Å²) in [7, 11) is 0.